The molecule has 428 valence electrons. The summed E-state index contributed by atoms with van der Waals surface area (Å²) in [5.74, 6) is 0.278. The molecule has 0 aromatic carbocycles. The molecule has 0 saturated carbocycles. The Kier molecular flexibility index (Phi) is 10.9. The van der Waals surface area contributed by atoms with Crippen molar-refractivity contribution in [1.29, 1.82) is 0 Å². The first kappa shape index (κ1) is 59.1. The van der Waals surface area contributed by atoms with Crippen molar-refractivity contribution < 1.29 is 323 Å². The molecule has 0 aliphatic carbocycles. The second-order valence-corrected chi connectivity index (χ2v) is 111. The van der Waals surface area contributed by atoms with Crippen LogP contribution in [0.5, 0.6) is 0 Å². The molecule has 8 aliphatic heterocycles. The van der Waals surface area contributed by atoms with Gasteiger partial charge in [-0.3, -0.25) is 14.4 Å². The number of amides is 3. The summed E-state index contributed by atoms with van der Waals surface area (Å²) in [6, 6.07) is 0. The summed E-state index contributed by atoms with van der Waals surface area (Å²) in [5.41, 5.74) is 0. The van der Waals surface area contributed by atoms with E-state index in [4.69, 9.17) is 19.2 Å². The first-order valence-electron chi connectivity index (χ1n) is 16.2. The van der Waals surface area contributed by atoms with E-state index in [2.05, 4.69) is 49.0 Å². The van der Waals surface area contributed by atoms with E-state index in [1.165, 1.54) is 35.5 Å². The standard InChI is InChI=1S/3C4H9NO.12Mo.H3O4P.36O/c3*1-4(6)5(2)3;;;;;;;;;;;;;1-5(2,3)4;;;;;;;;;;;;;;;;;;;;;;;;;;;;;;;;;;;;/h3*1-3H3;;;;;;;;;;;;;(H3,1,2,3,4);;;;;;;;;;;;;;;;;;;;;;;;;;;;;;;;;;;;. The number of carbonyl (C=O) groups excluding carboxylic acids is 3. The summed E-state index contributed by atoms with van der Waals surface area (Å²) in [6.45, 7) is 4.58. The summed E-state index contributed by atoms with van der Waals surface area (Å²) in [4.78, 5) is 60.4. The van der Waals surface area contributed by atoms with Gasteiger partial charge in [-0.2, -0.15) is 7.82 Å². The van der Waals surface area contributed by atoms with Gasteiger partial charge in [-0.25, -0.2) is 0 Å². The molecule has 0 atom stereocenters. The molecule has 8 saturated heterocycles. The van der Waals surface area contributed by atoms with Crippen LogP contribution in [0.1, 0.15) is 25.1 Å². The van der Waals surface area contributed by atoms with Crippen LogP contribution in [0.15, 0.2) is 0 Å². The Labute approximate surface area is 419 Å². The molecule has 0 aromatic rings. The molecule has 0 radical (unpaired) electrons. The molecule has 8 rings (SSSR count). The van der Waals surface area contributed by atoms with Crippen molar-refractivity contribution in [2.75, 3.05) is 42.3 Å². The van der Waals surface area contributed by atoms with Crippen molar-refractivity contribution in [2.24, 2.45) is 0 Å². The molecular formula is C12H30Mo12N3O43P. The molecule has 46 nitrogen and oxygen atoms in total. The zero-order valence-corrected chi connectivity index (χ0v) is 59.7. The Morgan fingerprint density at radius 3 is 0.352 bits per heavy atom. The molecule has 0 unspecified atom stereocenters. The number of hydrogen-bond acceptors (Lipinski definition) is 43. The number of carbonyl (C=O) groups is 3. The van der Waals surface area contributed by atoms with Crippen LogP contribution in [0.2, 0.25) is 0 Å². The monoisotopic (exact) mass is 2110 g/mol. The quantitative estimate of drug-likeness (QED) is 0.161. The van der Waals surface area contributed by atoms with Crippen molar-refractivity contribution in [1.82, 2.24) is 14.7 Å². The van der Waals surface area contributed by atoms with Gasteiger partial charge in [0.25, 0.3) is 0 Å². The third kappa shape index (κ3) is 8.70. The molecule has 8 aliphatic rings. The van der Waals surface area contributed by atoms with Crippen LogP contribution >= 0.6 is 7.82 Å². The maximum atomic E-state index is 15.2. The molecule has 8 heterocycles. The predicted octanol–water partition coefficient (Wildman–Crippen LogP) is -5.30. The summed E-state index contributed by atoms with van der Waals surface area (Å²) in [5, 5.41) is 0. The number of rotatable bonds is 0. The Morgan fingerprint density at radius 2 is 0.324 bits per heavy atom. The van der Waals surface area contributed by atoms with Gasteiger partial charge in [0.05, 0.1) is 0 Å². The summed E-state index contributed by atoms with van der Waals surface area (Å²) >= 11 is -120. The van der Waals surface area contributed by atoms with Gasteiger partial charge in [0.1, 0.15) is 0 Å². The van der Waals surface area contributed by atoms with E-state index in [9.17, 15) is 14.4 Å². The third-order valence-electron chi connectivity index (χ3n) is 7.22. The second kappa shape index (κ2) is 13.1. The average Bonchev–Trinajstić information content (AvgIpc) is 2.87. The van der Waals surface area contributed by atoms with E-state index < -0.39 is 203 Å². The minimum atomic E-state index is -10.0. The number of hydrogen-bond donors (Lipinski definition) is 0. The predicted molar refractivity (Wildman–Crippen MR) is 118 cm³/mol. The Bertz CT molecular complexity index is 2630. The molecule has 0 bridgehead atoms. The molecule has 0 aromatic heterocycles. The fraction of sp³-hybridized carbons (Fsp3) is 0.750. The third-order valence-corrected chi connectivity index (χ3v) is 189. The molecule has 8 fully saturated rings. The van der Waals surface area contributed by atoms with Crippen LogP contribution in [0.4, 0.5) is 0 Å². The van der Waals surface area contributed by atoms with Crippen LogP contribution in [0.25, 0.3) is 0 Å². The Balaban J connectivity index is 0.000000292. The van der Waals surface area contributed by atoms with Crippen LogP contribution in [0.3, 0.4) is 0 Å². The van der Waals surface area contributed by atoms with E-state index in [1.807, 2.05) is 0 Å². The van der Waals surface area contributed by atoms with Crippen molar-refractivity contribution in [2.45, 2.75) is 20.8 Å². The summed E-state index contributed by atoms with van der Waals surface area (Å²) < 4.78 is 302. The maximum absolute atomic E-state index is 15.2. The number of phosphoric acid groups is 1. The fourth-order valence-electron chi connectivity index (χ4n) is 5.17. The average molecular weight is 2090 g/mol. The normalized spacial score (nSPS) is 45.1. The van der Waals surface area contributed by atoms with Crippen LogP contribution in [-0.4, -0.2) is 74.7 Å². The Morgan fingerprint density at radius 1 is 0.282 bits per heavy atom. The first-order chi connectivity index (χ1) is 30.5. The summed E-state index contributed by atoms with van der Waals surface area (Å²) in [7, 11) is 4.96. The van der Waals surface area contributed by atoms with E-state index in [0.717, 1.165) is 0 Å². The molecule has 0 N–H and O–H groups in total. The zero-order valence-electron chi connectivity index (χ0n) is 37.7. The van der Waals surface area contributed by atoms with Gasteiger partial charge in [0.2, 0.25) is 17.7 Å². The topological polar surface area (TPSA) is 574 Å². The van der Waals surface area contributed by atoms with Gasteiger partial charge in [0, 0.05) is 63.1 Å². The van der Waals surface area contributed by atoms with Gasteiger partial charge < -0.3 is 33.9 Å². The first-order valence-corrected chi connectivity index (χ1v) is 66.8. The van der Waals surface area contributed by atoms with Crippen molar-refractivity contribution in [3.63, 3.8) is 0 Å². The molecule has 59 heteroatoms. The Hall–Kier alpha value is 3.42. The van der Waals surface area contributed by atoms with Gasteiger partial charge in [-0.1, -0.05) is 0 Å². The van der Waals surface area contributed by atoms with E-state index in [-0.39, 0.29) is 22.0 Å². The van der Waals surface area contributed by atoms with Gasteiger partial charge >= 0.3 is 290 Å². The van der Waals surface area contributed by atoms with Crippen LogP contribution in [-0.2, 0) is 304 Å². The second-order valence-electron chi connectivity index (χ2n) is 14.5. The zero-order chi connectivity index (χ0) is 54.3. The van der Waals surface area contributed by atoms with Crippen molar-refractivity contribution in [3.8, 4) is 0 Å². The minimum absolute atomic E-state index is 0. The molecule has 71 heavy (non-hydrogen) atoms. The van der Waals surface area contributed by atoms with Crippen LogP contribution < -0.4 is 14.7 Å². The van der Waals surface area contributed by atoms with Gasteiger partial charge in [-0.05, 0) is 0 Å². The van der Waals surface area contributed by atoms with Crippen LogP contribution in [0, 0.1) is 0 Å². The van der Waals surface area contributed by atoms with Gasteiger partial charge in [0.15, 0.2) is 0 Å². The summed E-state index contributed by atoms with van der Waals surface area (Å²) in [6.07, 6.45) is 0. The SMILES string of the molecule is CC(=O)N(C)C.CC(=O)N(C)C.CC(=O)N(C)C.O=P([O-])([O-])[O-].[H+].[H+].[H+].[O]=[Mo]123[O][Mo]45(=[O])[O][Mo]6(=[O])([O]1)[O][Mo]17(=[O])[O][Mo]8(=[O])([O]2)[O][Mo]2(=[O])([O]3)[O][Mo]3(=[O])([O]4)[O][Mo]4(=[O])([O]5)[O][Mo](=[O])([O]6)([O]1)[O][Mo]1(=[O])([O]4)[O][Mo](=[O])([O]2)([O]3)[O][Mo](=[O])([O]8)([O]7)[O]1. The molecule has 12 spiro atoms. The van der Waals surface area contributed by atoms with Crippen molar-refractivity contribution in [3.05, 3.63) is 0 Å². The molecule has 3 amide bonds. The fourth-order valence-corrected chi connectivity index (χ4v) is 321. The van der Waals surface area contributed by atoms with E-state index in [0.29, 0.717) is 0 Å². The molecular weight excluding hydrogens is 2060 g/mol. The number of nitrogens with zero attached hydrogens (tertiary/aromatic N) is 3. The van der Waals surface area contributed by atoms with Gasteiger partial charge in [-0.15, -0.1) is 0 Å². The van der Waals surface area contributed by atoms with Crippen molar-refractivity contribution >= 4 is 25.5 Å². The van der Waals surface area contributed by atoms with E-state index in [1.54, 1.807) is 42.3 Å². The van der Waals surface area contributed by atoms with E-state index >= 15 is 40.8 Å².